The topological polar surface area (TPSA) is 678 Å². The molecule has 0 unspecified atom stereocenters. The molecule has 7 aromatic rings. The first kappa shape index (κ1) is 110. The number of nitrogens with two attached hydrogens (primary N) is 1. The molecule has 12 amide bonds. The molecule has 8 rings (SSSR count). The summed E-state index contributed by atoms with van der Waals surface area (Å²) in [4.78, 5) is 221. The van der Waals surface area contributed by atoms with Crippen molar-refractivity contribution in [2.45, 2.75) is 191 Å². The molecule has 9 atom stereocenters. The summed E-state index contributed by atoms with van der Waals surface area (Å²) in [6, 6.07) is 1.05. The number of amides is 12. The van der Waals surface area contributed by atoms with Crippen LogP contribution < -0.4 is 80.4 Å². The molecule has 0 saturated heterocycles. The maximum absolute atomic E-state index is 14.8. The number of carbonyl (C=O) groups is 13. The van der Waals surface area contributed by atoms with Gasteiger partial charge in [-0.2, -0.15) is 4.98 Å². The fourth-order valence-corrected chi connectivity index (χ4v) is 13.7. The minimum Gasteiger partial charge on any atom is -0.480 e. The number of nitrogens with one attached hydrogen (secondary N) is 16. The third-order valence-corrected chi connectivity index (χ3v) is 21.3. The molecule has 49 heteroatoms. The Morgan fingerprint density at radius 2 is 1.17 bits per heavy atom. The number of carboxylic acids is 1. The van der Waals surface area contributed by atoms with E-state index in [1.165, 1.54) is 73.3 Å². The van der Waals surface area contributed by atoms with Gasteiger partial charge in [-0.15, -0.1) is 5.10 Å². The molecule has 49 nitrogen and oxygen atoms in total. The van der Waals surface area contributed by atoms with Crippen molar-refractivity contribution in [3.8, 4) is 0 Å². The monoisotopic (exact) mass is 1930 g/mol. The van der Waals surface area contributed by atoms with Crippen LogP contribution >= 0.6 is 0 Å². The van der Waals surface area contributed by atoms with Crippen molar-refractivity contribution in [1.82, 2.24) is 119 Å². The summed E-state index contributed by atoms with van der Waals surface area (Å²) in [5, 5.41) is 64.3. The van der Waals surface area contributed by atoms with E-state index in [9.17, 15) is 77.3 Å². The smallest absolute Gasteiger partial charge is 0.326 e. The standard InChI is InChI=1S/C89H129N25O24/c1-5-65-82(123)100-57(4)78(119)105-67(81(122)95-28-31-133-35-37-137-42-43-138-53-75(118)102-66(13-7-9-26-93-73(116)15-11-12-58-18-16-56(3)17-19-58)80(121)94-27-30-132-34-36-135-40-41-136-39-38-134-33-32-131-6-2)14-8-10-29-114-51-63(112-113-114)46-69(83(124)107-71(45-62-48-92-55-99-62)85(126)109-72(52-115)86(127)108-70(84(125)104-65)44-61-47-91-54-98-61)103-74(117)25-24-68(88(129)130)106-79(120)59-20-22-60(23-21-59)96-49-64-50-97-77-76(101-64)87(128)111-89(90)110-77/h16-23,47-48,50-51,54-55,57,65-72,96,115H,5-15,24-46,49,52-53H2,1-4H3,(H,91,98)(H,92,99)(H,93,116)(H,94,121)(H,95,122)(H,100,123)(H,102,118)(H,103,117)(H,104,125)(H,105,119)(H,106,120)(H,107,124)(H,108,127)(H,109,126)(H,129,130)(H3,90,97,110,111,128)/t57-,65-,66+,67+,68+,69+,70-,71-,72-/m1/s1. The molecule has 138 heavy (non-hydrogen) atoms. The largest absolute Gasteiger partial charge is 0.480 e. The Kier molecular flexibility index (Phi) is 49.1. The van der Waals surface area contributed by atoms with Gasteiger partial charge in [0.05, 0.1) is 136 Å². The van der Waals surface area contributed by atoms with Crippen molar-refractivity contribution in [3.05, 3.63) is 136 Å². The number of ether oxygens (including phenoxy) is 8. The van der Waals surface area contributed by atoms with Gasteiger partial charge in [0.15, 0.2) is 11.2 Å². The molecule has 1 aliphatic rings. The van der Waals surface area contributed by atoms with Crippen LogP contribution in [0.1, 0.15) is 136 Å². The molecule has 2 bridgehead atoms. The average molecular weight is 1930 g/mol. The van der Waals surface area contributed by atoms with Gasteiger partial charge >= 0.3 is 5.97 Å². The summed E-state index contributed by atoms with van der Waals surface area (Å²) in [7, 11) is 0. The van der Waals surface area contributed by atoms with E-state index in [2.05, 4.69) is 131 Å². The Morgan fingerprint density at radius 3 is 1.79 bits per heavy atom. The van der Waals surface area contributed by atoms with Crippen molar-refractivity contribution in [3.63, 3.8) is 0 Å². The lowest BCUT2D eigenvalue weighted by molar-refractivity contribution is -0.140. The highest BCUT2D eigenvalue weighted by Crippen LogP contribution is 2.17. The van der Waals surface area contributed by atoms with Crippen molar-refractivity contribution in [2.75, 3.05) is 143 Å². The first-order chi connectivity index (χ1) is 66.7. The van der Waals surface area contributed by atoms with Gasteiger partial charge < -0.3 is 133 Å². The number of aliphatic hydroxyl groups is 1. The molecule has 0 saturated carbocycles. The van der Waals surface area contributed by atoms with E-state index in [4.69, 9.17) is 43.6 Å². The number of carbonyl (C=O) groups excluding carboxylic acids is 12. The van der Waals surface area contributed by atoms with Gasteiger partial charge in [0.25, 0.3) is 11.5 Å². The number of anilines is 2. The van der Waals surface area contributed by atoms with Crippen LogP contribution in [0.4, 0.5) is 11.6 Å². The Labute approximate surface area is 795 Å². The van der Waals surface area contributed by atoms with Crippen molar-refractivity contribution < 1.29 is 110 Å². The minimum absolute atomic E-state index is 0.000787. The summed E-state index contributed by atoms with van der Waals surface area (Å²) in [5.41, 5.74) is 9.01. The third-order valence-electron chi connectivity index (χ3n) is 21.3. The quantitative estimate of drug-likeness (QED) is 0.0170. The van der Waals surface area contributed by atoms with E-state index in [1.807, 2.05) is 26.0 Å². The van der Waals surface area contributed by atoms with Gasteiger partial charge in [0.1, 0.15) is 61.0 Å². The van der Waals surface area contributed by atoms with Crippen LogP contribution in [0.15, 0.2) is 90.8 Å². The number of benzene rings is 2. The van der Waals surface area contributed by atoms with E-state index < -0.39 is 157 Å². The number of aromatic amines is 3. The Balaban J connectivity index is 0.849. The second-order valence-electron chi connectivity index (χ2n) is 32.1. The average Bonchev–Trinajstić information content (AvgIpc) is 0.857. The highest BCUT2D eigenvalue weighted by Gasteiger charge is 2.36. The number of nitrogen functional groups attached to an aromatic ring is 1. The molecule has 6 heterocycles. The summed E-state index contributed by atoms with van der Waals surface area (Å²) >= 11 is 0. The molecule has 0 spiro atoms. The number of carboxylic acid groups (broad SMARTS) is 1. The van der Waals surface area contributed by atoms with E-state index in [0.29, 0.717) is 109 Å². The number of nitrogens with zero attached hydrogens (tertiary/aromatic N) is 8. The SMILES string of the molecule is CCOCCOCCOCCOCCOCCNC(=O)[C@H](CCCCNC(=O)CCCc1ccc(C)cc1)NC(=O)COCCOCCOCCNC(=O)[C@@H]1CCCCn2cc(nn2)C[C@H](NC(=O)CC[C@H](NC(=O)c2ccc(NCc3cnc4nc(N)[nH]c(=O)c4n3)cc2)C(=O)O)C(=O)N[C@H](Cc2cnc[nH]2)C(=O)N[C@H](CO)C(=O)N[C@H](Cc2cnc[nH]2)C(=O)N[C@H](CC)C(=O)N[C@H](C)C(=O)N1. The lowest BCUT2D eigenvalue weighted by Gasteiger charge is -2.26. The van der Waals surface area contributed by atoms with Crippen molar-refractivity contribution in [1.29, 1.82) is 0 Å². The first-order valence-electron chi connectivity index (χ1n) is 46.0. The fourth-order valence-electron chi connectivity index (χ4n) is 13.7. The second-order valence-corrected chi connectivity index (χ2v) is 32.1. The molecular formula is C89H129N25O24. The summed E-state index contributed by atoms with van der Waals surface area (Å²) in [6.07, 6.45) is 9.73. The Bertz CT molecular complexity index is 5010. The number of aliphatic carboxylic acids is 1. The molecule has 754 valence electrons. The van der Waals surface area contributed by atoms with Gasteiger partial charge in [-0.3, -0.25) is 72.0 Å². The van der Waals surface area contributed by atoms with E-state index >= 15 is 0 Å². The summed E-state index contributed by atoms with van der Waals surface area (Å²) in [6.45, 7) is 10.4. The Morgan fingerprint density at radius 1 is 0.580 bits per heavy atom. The number of H-pyrrole nitrogens is 3. The maximum Gasteiger partial charge on any atom is 0.326 e. The number of fused-ring (bicyclic) bond motifs is 3. The highest BCUT2D eigenvalue weighted by molar-refractivity contribution is 5.99. The molecule has 1 aliphatic heterocycles. The van der Waals surface area contributed by atoms with Crippen LogP contribution in [0, 0.1) is 6.92 Å². The number of aliphatic hydroxyl groups excluding tert-OH is 1. The zero-order valence-electron chi connectivity index (χ0n) is 78.0. The predicted octanol–water partition coefficient (Wildman–Crippen LogP) is -2.88. The molecule has 0 radical (unpaired) electrons. The predicted molar refractivity (Wildman–Crippen MR) is 494 cm³/mol. The lowest BCUT2D eigenvalue weighted by atomic mass is 10.1. The molecular weight excluding hydrogens is 1800 g/mol. The van der Waals surface area contributed by atoms with Crippen LogP contribution in [-0.2, 0) is 134 Å². The van der Waals surface area contributed by atoms with Crippen molar-refractivity contribution >= 4 is 99.7 Å². The number of aryl methyl sites for hydroxylation is 3. The van der Waals surface area contributed by atoms with Gasteiger partial charge in [0.2, 0.25) is 70.9 Å². The van der Waals surface area contributed by atoms with Gasteiger partial charge in [0, 0.05) is 106 Å². The molecule has 0 fully saturated rings. The molecule has 5 aromatic heterocycles. The number of hydrogen-bond donors (Lipinski definition) is 19. The summed E-state index contributed by atoms with van der Waals surface area (Å²) in [5.74, 6) is -10.7. The highest BCUT2D eigenvalue weighted by atomic mass is 16.6. The third kappa shape index (κ3) is 41.2. The van der Waals surface area contributed by atoms with Crippen LogP contribution in [-0.4, -0.2) is 328 Å². The van der Waals surface area contributed by atoms with Crippen LogP contribution in [0.5, 0.6) is 0 Å². The van der Waals surface area contributed by atoms with Crippen molar-refractivity contribution in [2.24, 2.45) is 0 Å². The number of aromatic nitrogens is 11. The molecule has 20 N–H and O–H groups in total. The Hall–Kier alpha value is -13.4. The molecule has 0 aliphatic carbocycles. The maximum atomic E-state index is 14.8. The first-order valence-corrected chi connectivity index (χ1v) is 46.0. The summed E-state index contributed by atoms with van der Waals surface area (Å²) < 4.78 is 45.7. The zero-order valence-corrected chi connectivity index (χ0v) is 78.0. The van der Waals surface area contributed by atoms with E-state index in [1.54, 1.807) is 6.92 Å². The van der Waals surface area contributed by atoms with Gasteiger partial charge in [-0.05, 0) is 115 Å². The number of hydrogen-bond acceptors (Lipinski definition) is 32. The number of imidazole rings is 2. The van der Waals surface area contributed by atoms with Crippen LogP contribution in [0.3, 0.4) is 0 Å². The minimum atomic E-state index is -1.82. The van der Waals surface area contributed by atoms with E-state index in [-0.39, 0.29) is 158 Å². The van der Waals surface area contributed by atoms with Crippen LogP contribution in [0.2, 0.25) is 0 Å². The lowest BCUT2D eigenvalue weighted by Crippen LogP contribution is -2.61. The van der Waals surface area contributed by atoms with Gasteiger partial charge in [-0.25, -0.2) is 24.7 Å². The fraction of sp³-hybridized carbons (Fsp3) is 0.562. The number of rotatable bonds is 55. The number of unbranched alkanes of at least 4 members (excludes halogenated alkanes) is 1. The normalized spacial score (nSPS) is 17.6. The second kappa shape index (κ2) is 61.6. The molecule has 2 aromatic carbocycles. The van der Waals surface area contributed by atoms with E-state index in [0.717, 1.165) is 17.5 Å². The van der Waals surface area contributed by atoms with Crippen LogP contribution in [0.25, 0.3) is 11.2 Å². The zero-order chi connectivity index (χ0) is 99.2. The van der Waals surface area contributed by atoms with Gasteiger partial charge in [-0.1, -0.05) is 42.0 Å².